The minimum Gasteiger partial charge on any atom is -0.357 e. The third-order valence-corrected chi connectivity index (χ3v) is 4.97. The van der Waals surface area contributed by atoms with Gasteiger partial charge in [-0.15, -0.1) is 34.2 Å². The fraction of sp³-hybridized carbons (Fsp3) is 0.550. The third-order valence-electron chi connectivity index (χ3n) is 4.73. The van der Waals surface area contributed by atoms with Gasteiger partial charge in [0.25, 0.3) is 0 Å². The average Bonchev–Trinajstić information content (AvgIpc) is 2.88. The molecule has 2 heterocycles. The second kappa shape index (κ2) is 12.3. The van der Waals surface area contributed by atoms with Crippen LogP contribution in [0.25, 0.3) is 0 Å². The van der Waals surface area contributed by atoms with Gasteiger partial charge in [0.2, 0.25) is 0 Å². The van der Waals surface area contributed by atoms with E-state index in [1.807, 2.05) is 18.2 Å². The number of benzene rings is 1. The molecule has 1 aromatic heterocycles. The molecule has 154 valence electrons. The third kappa shape index (κ3) is 6.92. The zero-order chi connectivity index (χ0) is 18.9. The van der Waals surface area contributed by atoms with Gasteiger partial charge < -0.3 is 15.2 Å². The van der Waals surface area contributed by atoms with Gasteiger partial charge >= 0.3 is 0 Å². The van der Waals surface area contributed by atoms with E-state index in [-0.39, 0.29) is 24.0 Å². The van der Waals surface area contributed by atoms with Crippen molar-refractivity contribution in [2.45, 2.75) is 52.0 Å². The predicted octanol–water partition coefficient (Wildman–Crippen LogP) is 3.62. The van der Waals surface area contributed by atoms with E-state index < -0.39 is 0 Å². The maximum atomic E-state index is 6.04. The lowest BCUT2D eigenvalue weighted by Gasteiger charge is -2.11. The highest BCUT2D eigenvalue weighted by Gasteiger charge is 2.14. The molecule has 0 bridgehead atoms. The molecule has 1 aromatic carbocycles. The molecule has 0 unspecified atom stereocenters. The van der Waals surface area contributed by atoms with Crippen LogP contribution < -0.4 is 10.6 Å². The van der Waals surface area contributed by atoms with Crippen LogP contribution >= 0.6 is 35.6 Å². The Morgan fingerprint density at radius 3 is 2.89 bits per heavy atom. The molecule has 2 N–H and O–H groups in total. The Bertz CT molecular complexity index is 761. The number of aliphatic imine (C=N–C) groups is 1. The first-order chi connectivity index (χ1) is 13.3. The van der Waals surface area contributed by atoms with E-state index >= 15 is 0 Å². The molecule has 2 aromatic rings. The number of aryl methyl sites for hydroxylation is 1. The summed E-state index contributed by atoms with van der Waals surface area (Å²) in [5.74, 6) is 3.04. The minimum absolute atomic E-state index is 0. The van der Waals surface area contributed by atoms with E-state index in [0.29, 0.717) is 6.54 Å². The topological polar surface area (TPSA) is 67.1 Å². The van der Waals surface area contributed by atoms with Crippen LogP contribution in [-0.2, 0) is 25.8 Å². The number of aromatic nitrogens is 3. The molecule has 1 aliphatic heterocycles. The Hall–Kier alpha value is -1.35. The molecule has 0 atom stereocenters. The first-order valence-electron chi connectivity index (χ1n) is 9.94. The van der Waals surface area contributed by atoms with Crippen molar-refractivity contribution >= 4 is 41.5 Å². The Balaban J connectivity index is 0.00000280. The minimum atomic E-state index is 0. The summed E-state index contributed by atoms with van der Waals surface area (Å²) in [4.78, 5) is 4.70. The molecule has 6 nitrogen and oxygen atoms in total. The van der Waals surface area contributed by atoms with E-state index in [1.165, 1.54) is 24.8 Å². The molecular formula is C20H30ClIN6. The van der Waals surface area contributed by atoms with Crippen molar-refractivity contribution < 1.29 is 0 Å². The van der Waals surface area contributed by atoms with E-state index in [0.717, 1.165) is 61.5 Å². The standard InChI is InChI=1S/C20H29ClN6.HI/c1-2-22-20(23-12-10-16-7-6-8-17(21)15-16)24-13-11-19-26-25-18-9-4-3-5-14-27(18)19;/h6-8,15H,2-5,9-14H2,1H3,(H2,22,23,24);1H. The van der Waals surface area contributed by atoms with Gasteiger partial charge in [0.15, 0.2) is 5.96 Å². The molecule has 0 fully saturated rings. The lowest BCUT2D eigenvalue weighted by molar-refractivity contribution is 0.604. The maximum Gasteiger partial charge on any atom is 0.191 e. The number of halogens is 2. The lowest BCUT2D eigenvalue weighted by Crippen LogP contribution is -2.38. The molecule has 0 amide bonds. The summed E-state index contributed by atoms with van der Waals surface area (Å²) in [5.41, 5.74) is 1.22. The van der Waals surface area contributed by atoms with Crippen LogP contribution in [0.2, 0.25) is 5.02 Å². The molecule has 1 aliphatic rings. The van der Waals surface area contributed by atoms with Gasteiger partial charge in [-0.3, -0.25) is 4.99 Å². The van der Waals surface area contributed by atoms with Gasteiger partial charge in [-0.1, -0.05) is 30.2 Å². The summed E-state index contributed by atoms with van der Waals surface area (Å²) in [6.07, 6.45) is 6.49. The van der Waals surface area contributed by atoms with Crippen LogP contribution in [-0.4, -0.2) is 40.4 Å². The summed E-state index contributed by atoms with van der Waals surface area (Å²) in [6, 6.07) is 7.98. The molecule has 0 radical (unpaired) electrons. The average molecular weight is 517 g/mol. The van der Waals surface area contributed by atoms with E-state index in [1.54, 1.807) is 0 Å². The van der Waals surface area contributed by atoms with Crippen molar-refractivity contribution in [3.8, 4) is 0 Å². The molecule has 0 saturated carbocycles. The Kier molecular flexibility index (Phi) is 10.0. The Labute approximate surface area is 189 Å². The normalized spacial score (nSPS) is 14.0. The maximum absolute atomic E-state index is 6.04. The Morgan fingerprint density at radius 1 is 1.18 bits per heavy atom. The number of rotatable bonds is 7. The van der Waals surface area contributed by atoms with Gasteiger partial charge in [0, 0.05) is 44.0 Å². The zero-order valence-electron chi connectivity index (χ0n) is 16.5. The van der Waals surface area contributed by atoms with Crippen molar-refractivity contribution in [2.24, 2.45) is 4.99 Å². The first-order valence-corrected chi connectivity index (χ1v) is 10.3. The smallest absolute Gasteiger partial charge is 0.191 e. The predicted molar refractivity (Wildman–Crippen MR) is 126 cm³/mol. The summed E-state index contributed by atoms with van der Waals surface area (Å²) >= 11 is 6.04. The van der Waals surface area contributed by atoms with E-state index in [4.69, 9.17) is 16.6 Å². The van der Waals surface area contributed by atoms with Crippen LogP contribution in [0.5, 0.6) is 0 Å². The lowest BCUT2D eigenvalue weighted by atomic mass is 10.1. The number of hydrogen-bond donors (Lipinski definition) is 2. The fourth-order valence-corrected chi connectivity index (χ4v) is 3.57. The summed E-state index contributed by atoms with van der Waals surface area (Å²) in [7, 11) is 0. The highest BCUT2D eigenvalue weighted by Crippen LogP contribution is 2.14. The van der Waals surface area contributed by atoms with Crippen molar-refractivity contribution in [1.29, 1.82) is 0 Å². The van der Waals surface area contributed by atoms with Crippen LogP contribution in [0, 0.1) is 0 Å². The van der Waals surface area contributed by atoms with Crippen molar-refractivity contribution in [2.75, 3.05) is 19.6 Å². The number of guanidine groups is 1. The van der Waals surface area contributed by atoms with Crippen LogP contribution in [0.3, 0.4) is 0 Å². The van der Waals surface area contributed by atoms with Gasteiger partial charge in [-0.25, -0.2) is 0 Å². The fourth-order valence-electron chi connectivity index (χ4n) is 3.36. The van der Waals surface area contributed by atoms with Gasteiger partial charge in [0.1, 0.15) is 11.6 Å². The van der Waals surface area contributed by atoms with Crippen LogP contribution in [0.1, 0.15) is 43.4 Å². The number of nitrogens with one attached hydrogen (secondary N) is 2. The molecule has 0 saturated heterocycles. The quantitative estimate of drug-likeness (QED) is 0.335. The van der Waals surface area contributed by atoms with Gasteiger partial charge in [0.05, 0.1) is 0 Å². The second-order valence-corrected chi connectivity index (χ2v) is 7.25. The number of nitrogens with zero attached hydrogens (tertiary/aromatic N) is 4. The number of hydrogen-bond acceptors (Lipinski definition) is 3. The zero-order valence-corrected chi connectivity index (χ0v) is 19.5. The van der Waals surface area contributed by atoms with Crippen molar-refractivity contribution in [1.82, 2.24) is 25.4 Å². The number of fused-ring (bicyclic) bond motifs is 1. The molecule has 8 heteroatoms. The van der Waals surface area contributed by atoms with Crippen LogP contribution in [0.15, 0.2) is 29.3 Å². The van der Waals surface area contributed by atoms with Crippen molar-refractivity contribution in [3.63, 3.8) is 0 Å². The second-order valence-electron chi connectivity index (χ2n) is 6.81. The van der Waals surface area contributed by atoms with Gasteiger partial charge in [-0.05, 0) is 43.9 Å². The van der Waals surface area contributed by atoms with E-state index in [9.17, 15) is 0 Å². The largest absolute Gasteiger partial charge is 0.357 e. The SMILES string of the molecule is CCNC(=NCCc1nnc2n1CCCCC2)NCCc1cccc(Cl)c1.I. The molecule has 28 heavy (non-hydrogen) atoms. The molecule has 0 spiro atoms. The monoisotopic (exact) mass is 516 g/mol. The summed E-state index contributed by atoms with van der Waals surface area (Å²) in [6.45, 7) is 5.46. The summed E-state index contributed by atoms with van der Waals surface area (Å²) in [5, 5.41) is 16.2. The summed E-state index contributed by atoms with van der Waals surface area (Å²) < 4.78 is 2.29. The Morgan fingerprint density at radius 2 is 2.07 bits per heavy atom. The van der Waals surface area contributed by atoms with Crippen LogP contribution in [0.4, 0.5) is 0 Å². The molecular weight excluding hydrogens is 487 g/mol. The van der Waals surface area contributed by atoms with E-state index in [2.05, 4.69) is 38.4 Å². The highest BCUT2D eigenvalue weighted by molar-refractivity contribution is 14.0. The molecule has 0 aliphatic carbocycles. The first kappa shape index (κ1) is 22.9. The van der Waals surface area contributed by atoms with Gasteiger partial charge in [-0.2, -0.15) is 0 Å². The molecule has 3 rings (SSSR count). The highest BCUT2D eigenvalue weighted by atomic mass is 127. The van der Waals surface area contributed by atoms with Crippen molar-refractivity contribution in [3.05, 3.63) is 46.5 Å².